The summed E-state index contributed by atoms with van der Waals surface area (Å²) in [5.41, 5.74) is 1.09. The van der Waals surface area contributed by atoms with E-state index in [0.717, 1.165) is 5.56 Å². The zero-order valence-corrected chi connectivity index (χ0v) is 12.1. The van der Waals surface area contributed by atoms with Gasteiger partial charge in [-0.25, -0.2) is 0 Å². The first-order valence-electron chi connectivity index (χ1n) is 6.65. The molecular formula is C14H16ClF3N2O. The second-order valence-corrected chi connectivity index (χ2v) is 5.51. The maximum Gasteiger partial charge on any atom is 0.397 e. The fraction of sp³-hybridized carbons (Fsp3) is 0.500. The Hall–Kier alpha value is -1.27. The van der Waals surface area contributed by atoms with Crippen LogP contribution in [0.3, 0.4) is 0 Å². The Kier molecular flexibility index (Phi) is 5.11. The minimum absolute atomic E-state index is 0.336. The van der Waals surface area contributed by atoms with Gasteiger partial charge in [-0.3, -0.25) is 9.69 Å². The largest absolute Gasteiger partial charge is 0.397 e. The molecule has 116 valence electrons. The van der Waals surface area contributed by atoms with Gasteiger partial charge >= 0.3 is 6.18 Å². The zero-order valence-electron chi connectivity index (χ0n) is 11.4. The molecule has 7 heteroatoms. The molecule has 1 amide bonds. The number of amides is 1. The lowest BCUT2D eigenvalue weighted by atomic mass is 10.2. The molecule has 0 saturated carbocycles. The molecule has 0 aromatic heterocycles. The van der Waals surface area contributed by atoms with E-state index in [-0.39, 0.29) is 0 Å². The zero-order chi connectivity index (χ0) is 15.5. The third-order valence-electron chi connectivity index (χ3n) is 3.40. The van der Waals surface area contributed by atoms with Crippen molar-refractivity contribution in [2.45, 2.75) is 19.1 Å². The van der Waals surface area contributed by atoms with Gasteiger partial charge in [-0.15, -0.1) is 0 Å². The van der Waals surface area contributed by atoms with Crippen molar-refractivity contribution in [3.05, 3.63) is 34.9 Å². The minimum atomic E-state index is -4.43. The molecule has 0 bridgehead atoms. The van der Waals surface area contributed by atoms with Crippen LogP contribution in [0.2, 0.25) is 5.02 Å². The fourth-order valence-corrected chi connectivity index (χ4v) is 2.41. The van der Waals surface area contributed by atoms with Gasteiger partial charge in [-0.2, -0.15) is 13.2 Å². The molecule has 1 heterocycles. The van der Waals surface area contributed by atoms with Crippen molar-refractivity contribution in [3.63, 3.8) is 0 Å². The number of rotatable bonds is 3. The van der Waals surface area contributed by atoms with Crippen LogP contribution in [0.4, 0.5) is 13.2 Å². The average molecular weight is 321 g/mol. The lowest BCUT2D eigenvalue weighted by Gasteiger charge is -2.35. The summed E-state index contributed by atoms with van der Waals surface area (Å²) >= 11 is 5.81. The van der Waals surface area contributed by atoms with E-state index in [4.69, 9.17) is 11.6 Å². The average Bonchev–Trinajstić information content (AvgIpc) is 2.40. The molecule has 0 aliphatic carbocycles. The van der Waals surface area contributed by atoms with Crippen LogP contribution in [0.15, 0.2) is 24.3 Å². The summed E-state index contributed by atoms with van der Waals surface area (Å²) in [5.74, 6) is -0.839. The van der Waals surface area contributed by atoms with Gasteiger partial charge < -0.3 is 4.90 Å². The Morgan fingerprint density at radius 1 is 1.10 bits per heavy atom. The van der Waals surface area contributed by atoms with Gasteiger partial charge in [0.15, 0.2) is 0 Å². The SMILES string of the molecule is O=C(CC(F)(F)F)N1CCN(Cc2ccc(Cl)cc2)CC1. The predicted molar refractivity (Wildman–Crippen MR) is 74.0 cm³/mol. The maximum absolute atomic E-state index is 12.2. The Morgan fingerprint density at radius 2 is 1.67 bits per heavy atom. The highest BCUT2D eigenvalue weighted by Crippen LogP contribution is 2.21. The van der Waals surface area contributed by atoms with Crippen molar-refractivity contribution in [2.75, 3.05) is 26.2 Å². The summed E-state index contributed by atoms with van der Waals surface area (Å²) < 4.78 is 36.6. The van der Waals surface area contributed by atoms with E-state index in [2.05, 4.69) is 4.90 Å². The van der Waals surface area contributed by atoms with Gasteiger partial charge in [0.1, 0.15) is 6.42 Å². The summed E-state index contributed by atoms with van der Waals surface area (Å²) in [4.78, 5) is 14.9. The number of hydrogen-bond acceptors (Lipinski definition) is 2. The molecule has 1 aliphatic rings. The molecule has 0 atom stereocenters. The Morgan fingerprint density at radius 3 is 2.19 bits per heavy atom. The van der Waals surface area contributed by atoms with Gasteiger partial charge in [-0.05, 0) is 17.7 Å². The number of piperazine rings is 1. The fourth-order valence-electron chi connectivity index (χ4n) is 2.29. The molecule has 1 aliphatic heterocycles. The molecule has 1 fully saturated rings. The number of carbonyl (C=O) groups excluding carboxylic acids is 1. The number of hydrogen-bond donors (Lipinski definition) is 0. The van der Waals surface area contributed by atoms with Crippen LogP contribution in [0, 0.1) is 0 Å². The van der Waals surface area contributed by atoms with E-state index < -0.39 is 18.5 Å². The van der Waals surface area contributed by atoms with Crippen molar-refractivity contribution in [1.29, 1.82) is 0 Å². The summed E-state index contributed by atoms with van der Waals surface area (Å²) in [6.07, 6.45) is -5.80. The van der Waals surface area contributed by atoms with Gasteiger partial charge in [0.25, 0.3) is 0 Å². The lowest BCUT2D eigenvalue weighted by molar-refractivity contribution is -0.162. The van der Waals surface area contributed by atoms with Gasteiger partial charge in [0.2, 0.25) is 5.91 Å². The van der Waals surface area contributed by atoms with Crippen molar-refractivity contribution in [1.82, 2.24) is 9.80 Å². The van der Waals surface area contributed by atoms with Crippen molar-refractivity contribution in [2.24, 2.45) is 0 Å². The first kappa shape index (κ1) is 16.1. The monoisotopic (exact) mass is 320 g/mol. The van der Waals surface area contributed by atoms with Crippen LogP contribution >= 0.6 is 11.6 Å². The standard InChI is InChI=1S/C14H16ClF3N2O/c15-12-3-1-11(2-4-12)10-19-5-7-20(8-6-19)13(21)9-14(16,17)18/h1-4H,5-10H2. The third kappa shape index (κ3) is 5.21. The van der Waals surface area contributed by atoms with Crippen LogP contribution in [0.5, 0.6) is 0 Å². The number of alkyl halides is 3. The number of carbonyl (C=O) groups is 1. The summed E-state index contributed by atoms with van der Waals surface area (Å²) in [5, 5.41) is 0.668. The topological polar surface area (TPSA) is 23.6 Å². The molecule has 1 saturated heterocycles. The Labute approximate surface area is 126 Å². The van der Waals surface area contributed by atoms with E-state index in [1.807, 2.05) is 12.1 Å². The van der Waals surface area contributed by atoms with Crippen molar-refractivity contribution in [3.8, 4) is 0 Å². The third-order valence-corrected chi connectivity index (χ3v) is 3.65. The van der Waals surface area contributed by atoms with Crippen molar-refractivity contribution >= 4 is 17.5 Å². The van der Waals surface area contributed by atoms with Gasteiger partial charge in [0, 0.05) is 37.7 Å². The highest BCUT2D eigenvalue weighted by atomic mass is 35.5. The molecule has 0 spiro atoms. The van der Waals surface area contributed by atoms with Crippen LogP contribution in [-0.4, -0.2) is 48.1 Å². The molecule has 0 radical (unpaired) electrons. The second kappa shape index (κ2) is 6.66. The van der Waals surface area contributed by atoms with E-state index in [1.165, 1.54) is 4.90 Å². The first-order valence-corrected chi connectivity index (χ1v) is 7.02. The molecule has 0 unspecified atom stereocenters. The number of nitrogens with zero attached hydrogens (tertiary/aromatic N) is 2. The molecule has 2 rings (SSSR count). The smallest absolute Gasteiger partial charge is 0.340 e. The minimum Gasteiger partial charge on any atom is -0.340 e. The Bertz CT molecular complexity index is 482. The van der Waals surface area contributed by atoms with Crippen LogP contribution in [0.1, 0.15) is 12.0 Å². The van der Waals surface area contributed by atoms with Crippen LogP contribution in [-0.2, 0) is 11.3 Å². The molecule has 21 heavy (non-hydrogen) atoms. The predicted octanol–water partition coefficient (Wildman–Crippen LogP) is 2.94. The summed E-state index contributed by atoms with van der Waals surface area (Å²) in [6, 6.07) is 7.45. The highest BCUT2D eigenvalue weighted by molar-refractivity contribution is 6.30. The van der Waals surface area contributed by atoms with Crippen LogP contribution < -0.4 is 0 Å². The van der Waals surface area contributed by atoms with E-state index >= 15 is 0 Å². The van der Waals surface area contributed by atoms with Gasteiger partial charge in [-0.1, -0.05) is 23.7 Å². The highest BCUT2D eigenvalue weighted by Gasteiger charge is 2.34. The van der Waals surface area contributed by atoms with E-state index in [1.54, 1.807) is 12.1 Å². The number of halogens is 4. The molecule has 0 N–H and O–H groups in total. The molecule has 1 aromatic rings. The van der Waals surface area contributed by atoms with Gasteiger partial charge in [0.05, 0.1) is 0 Å². The van der Waals surface area contributed by atoms with E-state index in [9.17, 15) is 18.0 Å². The Balaban J connectivity index is 1.80. The molecular weight excluding hydrogens is 305 g/mol. The second-order valence-electron chi connectivity index (χ2n) is 5.08. The normalized spacial score (nSPS) is 17.0. The number of benzene rings is 1. The quantitative estimate of drug-likeness (QED) is 0.855. The maximum atomic E-state index is 12.2. The summed E-state index contributed by atoms with van der Waals surface area (Å²) in [6.45, 7) is 2.53. The first-order chi connectivity index (χ1) is 9.83. The lowest BCUT2D eigenvalue weighted by Crippen LogP contribution is -2.49. The van der Waals surface area contributed by atoms with Crippen molar-refractivity contribution < 1.29 is 18.0 Å². The molecule has 3 nitrogen and oxygen atoms in total. The summed E-state index contributed by atoms with van der Waals surface area (Å²) in [7, 11) is 0. The molecule has 1 aromatic carbocycles. The van der Waals surface area contributed by atoms with E-state index in [0.29, 0.717) is 37.7 Å². The van der Waals surface area contributed by atoms with Crippen LogP contribution in [0.25, 0.3) is 0 Å².